The highest BCUT2D eigenvalue weighted by molar-refractivity contribution is 5.98. The molecule has 1 aromatic carbocycles. The molecule has 1 fully saturated rings. The number of rotatable bonds is 5. The van der Waals surface area contributed by atoms with Crippen LogP contribution in [-0.2, 0) is 4.74 Å². The number of nitro groups is 1. The second kappa shape index (κ2) is 6.53. The van der Waals surface area contributed by atoms with Gasteiger partial charge in [0, 0.05) is 25.1 Å². The molecule has 2 unspecified atom stereocenters. The van der Waals surface area contributed by atoms with Crippen LogP contribution in [0, 0.1) is 16.0 Å². The highest BCUT2D eigenvalue weighted by Crippen LogP contribution is 2.29. The largest absolute Gasteiger partial charge is 0.502 e. The molecule has 7 nitrogen and oxygen atoms in total. The molecule has 0 saturated carbocycles. The summed E-state index contributed by atoms with van der Waals surface area (Å²) in [5.41, 5.74) is -0.561. The van der Waals surface area contributed by atoms with Crippen molar-refractivity contribution >= 4 is 11.6 Å². The predicted octanol–water partition coefficient (Wildman–Crippen LogP) is 1.85. The first kappa shape index (κ1) is 15.2. The number of ether oxygens (including phenoxy) is 1. The fourth-order valence-corrected chi connectivity index (χ4v) is 2.56. The Bertz CT molecular complexity index is 546. The van der Waals surface area contributed by atoms with Crippen molar-refractivity contribution in [3.05, 3.63) is 33.9 Å². The lowest BCUT2D eigenvalue weighted by atomic mass is 9.99. The molecule has 21 heavy (non-hydrogen) atoms. The van der Waals surface area contributed by atoms with Gasteiger partial charge >= 0.3 is 5.69 Å². The number of amides is 1. The number of nitro benzene ring substituents is 1. The Hall–Kier alpha value is -2.15. The van der Waals surface area contributed by atoms with Crippen LogP contribution in [0.2, 0.25) is 0 Å². The number of nitrogens with zero attached hydrogens (tertiary/aromatic N) is 1. The minimum absolute atomic E-state index is 0.0869. The van der Waals surface area contributed by atoms with Crippen molar-refractivity contribution in [1.29, 1.82) is 0 Å². The molecule has 0 aromatic heterocycles. The third kappa shape index (κ3) is 3.30. The Labute approximate surface area is 122 Å². The van der Waals surface area contributed by atoms with E-state index in [1.165, 1.54) is 12.1 Å². The topological polar surface area (TPSA) is 102 Å². The zero-order chi connectivity index (χ0) is 15.4. The second-order valence-electron chi connectivity index (χ2n) is 5.01. The molecule has 0 aliphatic carbocycles. The second-order valence-corrected chi connectivity index (χ2v) is 5.01. The van der Waals surface area contributed by atoms with E-state index in [2.05, 4.69) is 5.32 Å². The van der Waals surface area contributed by atoms with Crippen LogP contribution in [-0.4, -0.2) is 35.2 Å². The molecular weight excluding hydrogens is 276 g/mol. The maximum Gasteiger partial charge on any atom is 0.311 e. The number of phenols is 1. The Morgan fingerprint density at radius 3 is 3.00 bits per heavy atom. The molecule has 1 aliphatic heterocycles. The smallest absolute Gasteiger partial charge is 0.311 e. The van der Waals surface area contributed by atoms with E-state index >= 15 is 0 Å². The van der Waals surface area contributed by atoms with Crippen LogP contribution >= 0.6 is 0 Å². The Morgan fingerprint density at radius 2 is 2.33 bits per heavy atom. The van der Waals surface area contributed by atoms with Crippen LogP contribution in [0.3, 0.4) is 0 Å². The molecule has 7 heteroatoms. The van der Waals surface area contributed by atoms with Crippen molar-refractivity contribution in [2.45, 2.75) is 25.9 Å². The van der Waals surface area contributed by atoms with E-state index in [0.717, 1.165) is 18.9 Å². The van der Waals surface area contributed by atoms with E-state index in [-0.39, 0.29) is 17.6 Å². The summed E-state index contributed by atoms with van der Waals surface area (Å²) in [6, 6.07) is 3.89. The van der Waals surface area contributed by atoms with E-state index in [0.29, 0.717) is 13.2 Å². The van der Waals surface area contributed by atoms with Gasteiger partial charge in [-0.3, -0.25) is 14.9 Å². The van der Waals surface area contributed by atoms with E-state index in [1.54, 1.807) is 0 Å². The molecule has 1 aliphatic rings. The quantitative estimate of drug-likeness (QED) is 0.637. The molecular formula is C14H18N2O5. The predicted molar refractivity (Wildman–Crippen MR) is 75.2 cm³/mol. The summed E-state index contributed by atoms with van der Waals surface area (Å²) in [5.74, 6) is -0.882. The lowest BCUT2D eigenvalue weighted by Crippen LogP contribution is -2.32. The molecule has 0 spiro atoms. The van der Waals surface area contributed by atoms with Crippen LogP contribution < -0.4 is 5.32 Å². The van der Waals surface area contributed by atoms with E-state index < -0.39 is 22.3 Å². The number of benzene rings is 1. The first-order chi connectivity index (χ1) is 10.0. The van der Waals surface area contributed by atoms with Gasteiger partial charge in [-0.15, -0.1) is 0 Å². The van der Waals surface area contributed by atoms with Gasteiger partial charge in [-0.25, -0.2) is 0 Å². The van der Waals surface area contributed by atoms with Crippen LogP contribution in [0.1, 0.15) is 30.1 Å². The third-order valence-electron chi connectivity index (χ3n) is 3.73. The van der Waals surface area contributed by atoms with Gasteiger partial charge < -0.3 is 15.2 Å². The molecule has 2 N–H and O–H groups in total. The number of para-hydroxylation sites is 1. The van der Waals surface area contributed by atoms with Gasteiger partial charge in [-0.1, -0.05) is 13.0 Å². The van der Waals surface area contributed by atoms with Crippen LogP contribution in [0.15, 0.2) is 18.2 Å². The van der Waals surface area contributed by atoms with Crippen molar-refractivity contribution in [2.24, 2.45) is 5.92 Å². The lowest BCUT2D eigenvalue weighted by Gasteiger charge is -2.17. The Kier molecular flexibility index (Phi) is 4.74. The maximum absolute atomic E-state index is 12.1. The zero-order valence-electron chi connectivity index (χ0n) is 11.7. The number of hydrogen-bond donors (Lipinski definition) is 2. The average molecular weight is 294 g/mol. The monoisotopic (exact) mass is 294 g/mol. The Balaban J connectivity index is 2.04. The fraction of sp³-hybridized carbons (Fsp3) is 0.500. The summed E-state index contributed by atoms with van der Waals surface area (Å²) in [6.07, 6.45) is 1.88. The van der Waals surface area contributed by atoms with E-state index in [9.17, 15) is 20.0 Å². The van der Waals surface area contributed by atoms with Crippen molar-refractivity contribution in [3.63, 3.8) is 0 Å². The molecule has 0 radical (unpaired) electrons. The number of phenolic OH excluding ortho intramolecular Hbond substituents is 1. The molecule has 2 atom stereocenters. The van der Waals surface area contributed by atoms with Crippen molar-refractivity contribution < 1.29 is 19.6 Å². The first-order valence-corrected chi connectivity index (χ1v) is 6.90. The van der Waals surface area contributed by atoms with Gasteiger partial charge in [-0.05, 0) is 18.9 Å². The van der Waals surface area contributed by atoms with Crippen molar-refractivity contribution in [1.82, 2.24) is 5.32 Å². The maximum atomic E-state index is 12.1. The SMILES string of the molecule is CCC1OCCC1CNC(=O)c1cccc([N+](=O)[O-])c1O. The fourth-order valence-electron chi connectivity index (χ4n) is 2.56. The number of carbonyl (C=O) groups excluding carboxylic acids is 1. The number of aromatic hydroxyl groups is 1. The van der Waals surface area contributed by atoms with Crippen molar-refractivity contribution in [2.75, 3.05) is 13.2 Å². The lowest BCUT2D eigenvalue weighted by molar-refractivity contribution is -0.385. The highest BCUT2D eigenvalue weighted by Gasteiger charge is 2.28. The van der Waals surface area contributed by atoms with Gasteiger partial charge in [-0.2, -0.15) is 0 Å². The number of hydrogen-bond acceptors (Lipinski definition) is 5. The third-order valence-corrected chi connectivity index (χ3v) is 3.73. The van der Waals surface area contributed by atoms with Gasteiger partial charge in [0.1, 0.15) is 0 Å². The molecule has 114 valence electrons. The highest BCUT2D eigenvalue weighted by atomic mass is 16.6. The van der Waals surface area contributed by atoms with Gasteiger partial charge in [0.15, 0.2) is 0 Å². The molecule has 2 rings (SSSR count). The minimum atomic E-state index is -0.718. The molecule has 1 heterocycles. The summed E-state index contributed by atoms with van der Waals surface area (Å²) >= 11 is 0. The normalized spacial score (nSPS) is 21.2. The van der Waals surface area contributed by atoms with E-state index in [1.807, 2.05) is 6.92 Å². The molecule has 1 amide bonds. The molecule has 1 aromatic rings. The minimum Gasteiger partial charge on any atom is -0.502 e. The molecule has 1 saturated heterocycles. The summed E-state index contributed by atoms with van der Waals surface area (Å²) in [6.45, 7) is 3.14. The summed E-state index contributed by atoms with van der Waals surface area (Å²) in [5, 5.41) is 23.2. The number of carbonyl (C=O) groups is 1. The zero-order valence-corrected chi connectivity index (χ0v) is 11.7. The Morgan fingerprint density at radius 1 is 1.57 bits per heavy atom. The standard InChI is InChI=1S/C14H18N2O5/c1-2-12-9(6-7-21-12)8-15-14(18)10-4-3-5-11(13(10)17)16(19)20/h3-5,9,12,17H,2,6-8H2,1H3,(H,15,18). The van der Waals surface area contributed by atoms with Gasteiger partial charge in [0.05, 0.1) is 16.6 Å². The van der Waals surface area contributed by atoms with Crippen LogP contribution in [0.4, 0.5) is 5.69 Å². The summed E-state index contributed by atoms with van der Waals surface area (Å²) in [7, 11) is 0. The average Bonchev–Trinajstić information content (AvgIpc) is 2.92. The van der Waals surface area contributed by atoms with Gasteiger partial charge in [0.2, 0.25) is 5.75 Å². The summed E-state index contributed by atoms with van der Waals surface area (Å²) in [4.78, 5) is 22.1. The van der Waals surface area contributed by atoms with Crippen LogP contribution in [0.5, 0.6) is 5.75 Å². The number of nitrogens with one attached hydrogen (secondary N) is 1. The van der Waals surface area contributed by atoms with Gasteiger partial charge in [0.25, 0.3) is 5.91 Å². The summed E-state index contributed by atoms with van der Waals surface area (Å²) < 4.78 is 5.54. The van der Waals surface area contributed by atoms with Crippen molar-refractivity contribution in [3.8, 4) is 5.75 Å². The molecule has 0 bridgehead atoms. The van der Waals surface area contributed by atoms with Crippen LogP contribution in [0.25, 0.3) is 0 Å². The first-order valence-electron chi connectivity index (χ1n) is 6.90. The van der Waals surface area contributed by atoms with E-state index in [4.69, 9.17) is 4.74 Å².